The smallest absolute Gasteiger partial charge is 0.132 e. The quantitative estimate of drug-likeness (QED) is 0.743. The molecule has 0 saturated heterocycles. The maximum Gasteiger partial charge on any atom is 0.132 e. The van der Waals surface area contributed by atoms with Crippen LogP contribution in [0.1, 0.15) is 38.9 Å². The molecule has 86 valence electrons. The predicted molar refractivity (Wildman–Crippen MR) is 61.5 cm³/mol. The average Bonchev–Trinajstić information content (AvgIpc) is 2.71. The van der Waals surface area contributed by atoms with Gasteiger partial charge in [0.1, 0.15) is 12.2 Å². The maximum absolute atomic E-state index is 5.58. The van der Waals surface area contributed by atoms with Crippen LogP contribution in [0.15, 0.2) is 6.33 Å². The van der Waals surface area contributed by atoms with E-state index in [0.717, 1.165) is 37.7 Å². The Bertz CT molecular complexity index is 269. The fourth-order valence-electron chi connectivity index (χ4n) is 1.86. The third-order valence-corrected chi connectivity index (χ3v) is 2.96. The van der Waals surface area contributed by atoms with Gasteiger partial charge in [-0.15, -0.1) is 10.2 Å². The first kappa shape index (κ1) is 12.2. The molecule has 1 atom stereocenters. The first-order chi connectivity index (χ1) is 7.31. The summed E-state index contributed by atoms with van der Waals surface area (Å²) in [6.45, 7) is 6.09. The minimum Gasteiger partial charge on any atom is -0.330 e. The molecule has 4 heteroatoms. The van der Waals surface area contributed by atoms with Crippen LogP contribution < -0.4 is 5.73 Å². The number of aryl methyl sites for hydroxylation is 2. The third kappa shape index (κ3) is 3.63. The highest BCUT2D eigenvalue weighted by Gasteiger charge is 2.08. The highest BCUT2D eigenvalue weighted by atomic mass is 15.3. The van der Waals surface area contributed by atoms with Gasteiger partial charge < -0.3 is 10.3 Å². The van der Waals surface area contributed by atoms with Crippen LogP contribution in [-0.4, -0.2) is 21.3 Å². The van der Waals surface area contributed by atoms with Gasteiger partial charge in [0.2, 0.25) is 0 Å². The Hall–Kier alpha value is -0.900. The Morgan fingerprint density at radius 1 is 1.40 bits per heavy atom. The van der Waals surface area contributed by atoms with Crippen LogP contribution in [0, 0.1) is 5.92 Å². The van der Waals surface area contributed by atoms with Crippen LogP contribution in [-0.2, 0) is 13.0 Å². The summed E-state index contributed by atoms with van der Waals surface area (Å²) in [7, 11) is 0. The zero-order valence-corrected chi connectivity index (χ0v) is 9.82. The molecule has 0 amide bonds. The van der Waals surface area contributed by atoms with Crippen LogP contribution >= 0.6 is 0 Å². The zero-order valence-electron chi connectivity index (χ0n) is 9.82. The third-order valence-electron chi connectivity index (χ3n) is 2.96. The maximum atomic E-state index is 5.58. The van der Waals surface area contributed by atoms with Crippen LogP contribution in [0.3, 0.4) is 0 Å². The molecule has 0 saturated carbocycles. The lowest BCUT2D eigenvalue weighted by molar-refractivity contribution is 0.435. The monoisotopic (exact) mass is 210 g/mol. The lowest BCUT2D eigenvalue weighted by Crippen LogP contribution is -2.10. The van der Waals surface area contributed by atoms with Gasteiger partial charge in [0.25, 0.3) is 0 Å². The van der Waals surface area contributed by atoms with Crippen molar-refractivity contribution in [3.63, 3.8) is 0 Å². The second kappa shape index (κ2) is 6.56. The van der Waals surface area contributed by atoms with E-state index in [1.165, 1.54) is 12.8 Å². The van der Waals surface area contributed by atoms with Gasteiger partial charge in [0.15, 0.2) is 0 Å². The molecule has 0 aromatic carbocycles. The van der Waals surface area contributed by atoms with Crippen molar-refractivity contribution in [2.24, 2.45) is 11.7 Å². The number of aromatic nitrogens is 3. The van der Waals surface area contributed by atoms with Gasteiger partial charge in [-0.2, -0.15) is 0 Å². The Morgan fingerprint density at radius 3 is 2.80 bits per heavy atom. The fourth-order valence-corrected chi connectivity index (χ4v) is 1.86. The second-order valence-electron chi connectivity index (χ2n) is 3.92. The molecule has 4 nitrogen and oxygen atoms in total. The molecular formula is C11H22N4. The van der Waals surface area contributed by atoms with Crippen molar-refractivity contribution in [2.45, 2.75) is 46.1 Å². The number of hydrogen-bond acceptors (Lipinski definition) is 3. The summed E-state index contributed by atoms with van der Waals surface area (Å²) >= 11 is 0. The van der Waals surface area contributed by atoms with E-state index in [-0.39, 0.29) is 0 Å². The van der Waals surface area contributed by atoms with E-state index in [4.69, 9.17) is 5.73 Å². The highest BCUT2D eigenvalue weighted by molar-refractivity contribution is 4.86. The van der Waals surface area contributed by atoms with Gasteiger partial charge >= 0.3 is 0 Å². The first-order valence-corrected chi connectivity index (χ1v) is 5.88. The van der Waals surface area contributed by atoms with Crippen LogP contribution in [0.25, 0.3) is 0 Å². The van der Waals surface area contributed by atoms with Gasteiger partial charge in [-0.05, 0) is 32.2 Å². The Balaban J connectivity index is 2.41. The van der Waals surface area contributed by atoms with Gasteiger partial charge in [-0.3, -0.25) is 0 Å². The van der Waals surface area contributed by atoms with Crippen molar-refractivity contribution in [3.8, 4) is 0 Å². The largest absolute Gasteiger partial charge is 0.330 e. The summed E-state index contributed by atoms with van der Waals surface area (Å²) in [5.41, 5.74) is 5.58. The molecule has 1 unspecified atom stereocenters. The van der Waals surface area contributed by atoms with E-state index < -0.39 is 0 Å². The van der Waals surface area contributed by atoms with Gasteiger partial charge in [-0.1, -0.05) is 13.3 Å². The van der Waals surface area contributed by atoms with Crippen LogP contribution in [0.4, 0.5) is 0 Å². The van der Waals surface area contributed by atoms with Gasteiger partial charge in [0, 0.05) is 13.0 Å². The molecule has 1 aromatic heterocycles. The summed E-state index contributed by atoms with van der Waals surface area (Å²) in [4.78, 5) is 0. The van der Waals surface area contributed by atoms with Crippen molar-refractivity contribution in [1.29, 1.82) is 0 Å². The SMILES string of the molecule is CCC(CCN)CCc1nncn1CC. The Morgan fingerprint density at radius 2 is 2.20 bits per heavy atom. The number of rotatable bonds is 7. The summed E-state index contributed by atoms with van der Waals surface area (Å²) in [6.07, 6.45) is 6.33. The van der Waals surface area contributed by atoms with Crippen molar-refractivity contribution < 1.29 is 0 Å². The van der Waals surface area contributed by atoms with E-state index in [9.17, 15) is 0 Å². The molecule has 2 N–H and O–H groups in total. The minimum absolute atomic E-state index is 0.733. The molecule has 1 rings (SSSR count). The molecule has 0 aliphatic carbocycles. The topological polar surface area (TPSA) is 56.7 Å². The predicted octanol–water partition coefficient (Wildman–Crippen LogP) is 1.61. The summed E-state index contributed by atoms with van der Waals surface area (Å²) in [5.74, 6) is 1.84. The average molecular weight is 210 g/mol. The number of nitrogens with two attached hydrogens (primary N) is 1. The van der Waals surface area contributed by atoms with Crippen LogP contribution in [0.2, 0.25) is 0 Å². The molecule has 0 aliphatic heterocycles. The van der Waals surface area contributed by atoms with E-state index in [1.54, 1.807) is 6.33 Å². The fraction of sp³-hybridized carbons (Fsp3) is 0.818. The standard InChI is InChI=1S/C11H22N4/c1-3-10(7-8-12)5-6-11-14-13-9-15(11)4-2/h9-10H,3-8,12H2,1-2H3. The molecule has 1 aromatic rings. The number of hydrogen-bond donors (Lipinski definition) is 1. The molecular weight excluding hydrogens is 188 g/mol. The Labute approximate surface area is 91.9 Å². The normalized spacial score (nSPS) is 13.0. The first-order valence-electron chi connectivity index (χ1n) is 5.88. The van der Waals surface area contributed by atoms with Gasteiger partial charge in [0.05, 0.1) is 0 Å². The van der Waals surface area contributed by atoms with Crippen molar-refractivity contribution >= 4 is 0 Å². The zero-order chi connectivity index (χ0) is 11.1. The van der Waals surface area contributed by atoms with E-state index in [0.29, 0.717) is 0 Å². The lowest BCUT2D eigenvalue weighted by atomic mass is 9.96. The van der Waals surface area contributed by atoms with E-state index in [2.05, 4.69) is 28.6 Å². The summed E-state index contributed by atoms with van der Waals surface area (Å²) in [5, 5.41) is 8.07. The molecule has 0 fully saturated rings. The molecule has 0 radical (unpaired) electrons. The van der Waals surface area contributed by atoms with Crippen molar-refractivity contribution in [3.05, 3.63) is 12.2 Å². The molecule has 0 aliphatic rings. The summed E-state index contributed by atoms with van der Waals surface area (Å²) < 4.78 is 2.11. The highest BCUT2D eigenvalue weighted by Crippen LogP contribution is 2.14. The Kier molecular flexibility index (Phi) is 5.32. The van der Waals surface area contributed by atoms with Crippen molar-refractivity contribution in [2.75, 3.05) is 6.54 Å². The number of nitrogens with zero attached hydrogens (tertiary/aromatic N) is 3. The lowest BCUT2D eigenvalue weighted by Gasteiger charge is -2.12. The summed E-state index contributed by atoms with van der Waals surface area (Å²) in [6, 6.07) is 0. The van der Waals surface area contributed by atoms with Gasteiger partial charge in [-0.25, -0.2) is 0 Å². The molecule has 0 bridgehead atoms. The van der Waals surface area contributed by atoms with Crippen molar-refractivity contribution in [1.82, 2.24) is 14.8 Å². The van der Waals surface area contributed by atoms with Crippen LogP contribution in [0.5, 0.6) is 0 Å². The minimum atomic E-state index is 0.733. The second-order valence-corrected chi connectivity index (χ2v) is 3.92. The van der Waals surface area contributed by atoms with E-state index >= 15 is 0 Å². The van der Waals surface area contributed by atoms with E-state index in [1.807, 2.05) is 0 Å². The molecule has 1 heterocycles. The molecule has 0 spiro atoms. The molecule has 15 heavy (non-hydrogen) atoms.